The van der Waals surface area contributed by atoms with Crippen molar-refractivity contribution in [2.75, 3.05) is 0 Å². The van der Waals surface area contributed by atoms with Crippen molar-refractivity contribution in [2.24, 2.45) is 0 Å². The van der Waals surface area contributed by atoms with E-state index in [0.29, 0.717) is 4.47 Å². The van der Waals surface area contributed by atoms with Crippen LogP contribution in [0.3, 0.4) is 0 Å². The zero-order chi connectivity index (χ0) is 13.0. The Labute approximate surface area is 120 Å². The van der Waals surface area contributed by atoms with Gasteiger partial charge in [0.15, 0.2) is 0 Å². The highest BCUT2D eigenvalue weighted by Crippen LogP contribution is 2.30. The molecule has 1 aromatic rings. The second-order valence-electron chi connectivity index (χ2n) is 4.74. The molecule has 1 N–H and O–H groups in total. The molecule has 0 aliphatic heterocycles. The minimum atomic E-state index is -0.0459. The molecule has 0 atom stereocenters. The maximum atomic E-state index is 11.8. The molecular formula is C13H19BrN2OS. The van der Waals surface area contributed by atoms with E-state index in [4.69, 9.17) is 0 Å². The third-order valence-electron chi connectivity index (χ3n) is 3.23. The fourth-order valence-corrected chi connectivity index (χ4v) is 3.86. The summed E-state index contributed by atoms with van der Waals surface area (Å²) >= 11 is 5.25. The van der Waals surface area contributed by atoms with Crippen molar-refractivity contribution in [1.82, 2.24) is 9.97 Å². The Bertz CT molecular complexity index is 455. The van der Waals surface area contributed by atoms with E-state index in [1.165, 1.54) is 25.7 Å². The van der Waals surface area contributed by atoms with Gasteiger partial charge in [-0.1, -0.05) is 26.2 Å². The summed E-state index contributed by atoms with van der Waals surface area (Å²) in [6.07, 6.45) is 7.18. The van der Waals surface area contributed by atoms with E-state index < -0.39 is 0 Å². The smallest absolute Gasteiger partial charge is 0.265 e. The molecular weight excluding hydrogens is 312 g/mol. The fourth-order valence-electron chi connectivity index (χ4n) is 2.28. The van der Waals surface area contributed by atoms with Crippen LogP contribution in [-0.2, 0) is 12.2 Å². The molecule has 1 aliphatic rings. The minimum absolute atomic E-state index is 0.0459. The molecule has 5 heteroatoms. The molecule has 0 unspecified atom stereocenters. The minimum Gasteiger partial charge on any atom is -0.309 e. The number of halogens is 1. The Morgan fingerprint density at radius 2 is 2.17 bits per heavy atom. The molecule has 1 heterocycles. The van der Waals surface area contributed by atoms with Gasteiger partial charge in [0.05, 0.1) is 11.4 Å². The van der Waals surface area contributed by atoms with Gasteiger partial charge in [-0.3, -0.25) is 4.79 Å². The summed E-state index contributed by atoms with van der Waals surface area (Å²) in [4.78, 5) is 19.2. The first-order valence-corrected chi connectivity index (χ1v) is 8.44. The van der Waals surface area contributed by atoms with Crippen LogP contribution in [0.1, 0.15) is 50.5 Å². The van der Waals surface area contributed by atoms with Crippen LogP contribution in [0.15, 0.2) is 9.27 Å². The zero-order valence-corrected chi connectivity index (χ0v) is 13.1. The van der Waals surface area contributed by atoms with Crippen LogP contribution in [0.2, 0.25) is 0 Å². The molecule has 1 fully saturated rings. The molecule has 3 nitrogen and oxygen atoms in total. The van der Waals surface area contributed by atoms with Gasteiger partial charge in [-0.05, 0) is 35.2 Å². The van der Waals surface area contributed by atoms with Crippen LogP contribution < -0.4 is 5.56 Å². The monoisotopic (exact) mass is 330 g/mol. The van der Waals surface area contributed by atoms with Crippen LogP contribution in [0, 0.1) is 0 Å². The number of hydrogen-bond acceptors (Lipinski definition) is 3. The normalized spacial score (nSPS) is 16.3. The molecule has 1 saturated carbocycles. The fraction of sp³-hybridized carbons (Fsp3) is 0.692. The van der Waals surface area contributed by atoms with Gasteiger partial charge in [0.1, 0.15) is 10.3 Å². The van der Waals surface area contributed by atoms with Crippen molar-refractivity contribution in [2.45, 2.75) is 56.5 Å². The molecule has 1 aliphatic carbocycles. The van der Waals surface area contributed by atoms with E-state index in [9.17, 15) is 4.79 Å². The summed E-state index contributed by atoms with van der Waals surface area (Å²) in [5.74, 6) is 1.65. The lowest BCUT2D eigenvalue weighted by molar-refractivity contribution is 0.833. The molecule has 0 amide bonds. The van der Waals surface area contributed by atoms with Gasteiger partial charge in [0, 0.05) is 5.25 Å². The van der Waals surface area contributed by atoms with Crippen molar-refractivity contribution < 1.29 is 0 Å². The first-order valence-electron chi connectivity index (χ1n) is 6.60. The average Bonchev–Trinajstić information content (AvgIpc) is 2.86. The number of nitrogens with one attached hydrogen (secondary N) is 1. The lowest BCUT2D eigenvalue weighted by atomic mass is 10.2. The van der Waals surface area contributed by atoms with E-state index >= 15 is 0 Å². The Morgan fingerprint density at radius 1 is 1.44 bits per heavy atom. The summed E-state index contributed by atoms with van der Waals surface area (Å²) in [6.45, 7) is 2.10. The number of nitrogens with zero attached hydrogens (tertiary/aromatic N) is 1. The number of aromatic amines is 1. The Balaban J connectivity index is 2.05. The van der Waals surface area contributed by atoms with Crippen molar-refractivity contribution in [3.05, 3.63) is 26.3 Å². The van der Waals surface area contributed by atoms with Gasteiger partial charge >= 0.3 is 0 Å². The summed E-state index contributed by atoms with van der Waals surface area (Å²) in [6, 6.07) is 0. The van der Waals surface area contributed by atoms with Gasteiger partial charge in [0.25, 0.3) is 5.56 Å². The highest BCUT2D eigenvalue weighted by molar-refractivity contribution is 9.10. The molecule has 0 radical (unpaired) electrons. The molecule has 1 aromatic heterocycles. The SMILES string of the molecule is CCCc1nc(CSC2CCCC2)[nH]c(=O)c1Br. The van der Waals surface area contributed by atoms with Gasteiger partial charge in [-0.15, -0.1) is 0 Å². The van der Waals surface area contributed by atoms with Gasteiger partial charge in [-0.2, -0.15) is 11.8 Å². The molecule has 18 heavy (non-hydrogen) atoms. The highest BCUT2D eigenvalue weighted by Gasteiger charge is 2.16. The third-order valence-corrected chi connectivity index (χ3v) is 5.43. The number of H-pyrrole nitrogens is 1. The number of hydrogen-bond donors (Lipinski definition) is 1. The van der Waals surface area contributed by atoms with Crippen LogP contribution >= 0.6 is 27.7 Å². The first-order chi connectivity index (χ1) is 8.70. The molecule has 0 saturated heterocycles. The van der Waals surface area contributed by atoms with E-state index in [1.807, 2.05) is 11.8 Å². The van der Waals surface area contributed by atoms with Crippen molar-refractivity contribution in [3.8, 4) is 0 Å². The molecule has 2 rings (SSSR count). The molecule has 100 valence electrons. The second-order valence-corrected chi connectivity index (χ2v) is 6.82. The largest absolute Gasteiger partial charge is 0.309 e. The molecule has 0 aromatic carbocycles. The van der Waals surface area contributed by atoms with Crippen molar-refractivity contribution in [1.29, 1.82) is 0 Å². The predicted molar refractivity (Wildman–Crippen MR) is 80.1 cm³/mol. The topological polar surface area (TPSA) is 45.8 Å². The molecule has 0 spiro atoms. The summed E-state index contributed by atoms with van der Waals surface area (Å²) in [5.41, 5.74) is 0.846. The quantitative estimate of drug-likeness (QED) is 0.896. The first kappa shape index (κ1) is 14.1. The highest BCUT2D eigenvalue weighted by atomic mass is 79.9. The Kier molecular flexibility index (Phi) is 5.30. The van der Waals surface area contributed by atoms with E-state index in [2.05, 4.69) is 32.8 Å². The van der Waals surface area contributed by atoms with Gasteiger partial charge in [-0.25, -0.2) is 4.98 Å². The van der Waals surface area contributed by atoms with Crippen LogP contribution in [0.4, 0.5) is 0 Å². The number of aromatic nitrogens is 2. The number of aryl methyl sites for hydroxylation is 1. The Hall–Kier alpha value is -0.290. The van der Waals surface area contributed by atoms with Crippen molar-refractivity contribution >= 4 is 27.7 Å². The summed E-state index contributed by atoms with van der Waals surface area (Å²) in [7, 11) is 0. The Morgan fingerprint density at radius 3 is 2.83 bits per heavy atom. The maximum absolute atomic E-state index is 11.8. The predicted octanol–water partition coefficient (Wildman–Crippen LogP) is 3.66. The standard InChI is InChI=1S/C13H19BrN2OS/c1-2-5-10-12(14)13(17)16-11(15-10)8-18-9-6-3-4-7-9/h9H,2-8H2,1H3,(H,15,16,17). The maximum Gasteiger partial charge on any atom is 0.265 e. The average molecular weight is 331 g/mol. The number of thioether (sulfide) groups is 1. The lowest BCUT2D eigenvalue weighted by Crippen LogP contribution is -2.15. The van der Waals surface area contributed by atoms with E-state index in [-0.39, 0.29) is 5.56 Å². The van der Waals surface area contributed by atoms with Crippen LogP contribution in [0.25, 0.3) is 0 Å². The lowest BCUT2D eigenvalue weighted by Gasteiger charge is -2.09. The van der Waals surface area contributed by atoms with Crippen molar-refractivity contribution in [3.63, 3.8) is 0 Å². The van der Waals surface area contributed by atoms with Crippen LogP contribution in [-0.4, -0.2) is 15.2 Å². The van der Waals surface area contributed by atoms with E-state index in [0.717, 1.165) is 35.4 Å². The molecule has 0 bridgehead atoms. The third kappa shape index (κ3) is 3.60. The zero-order valence-electron chi connectivity index (χ0n) is 10.7. The summed E-state index contributed by atoms with van der Waals surface area (Å²) < 4.78 is 0.596. The second kappa shape index (κ2) is 6.75. The number of rotatable bonds is 5. The van der Waals surface area contributed by atoms with Gasteiger partial charge in [0.2, 0.25) is 0 Å². The summed E-state index contributed by atoms with van der Waals surface area (Å²) in [5, 5.41) is 0.758. The van der Waals surface area contributed by atoms with E-state index in [1.54, 1.807) is 0 Å². The van der Waals surface area contributed by atoms with Crippen LogP contribution in [0.5, 0.6) is 0 Å². The van der Waals surface area contributed by atoms with Gasteiger partial charge < -0.3 is 4.98 Å².